The molecule has 98 valence electrons. The first-order valence-corrected chi connectivity index (χ1v) is 6.30. The number of nitrogens with two attached hydrogens (primary N) is 1. The Balaban J connectivity index is 2.42. The highest BCUT2D eigenvalue weighted by atomic mass is 32.1. The van der Waals surface area contributed by atoms with E-state index >= 15 is 0 Å². The molecule has 2 aromatic carbocycles. The zero-order chi connectivity index (χ0) is 14.0. The van der Waals surface area contributed by atoms with Crippen LogP contribution in [0.15, 0.2) is 42.5 Å². The van der Waals surface area contributed by atoms with E-state index in [0.29, 0.717) is 11.3 Å². The molecule has 0 saturated heterocycles. The van der Waals surface area contributed by atoms with Gasteiger partial charge in [0.25, 0.3) is 0 Å². The molecule has 0 atom stereocenters. The Morgan fingerprint density at radius 1 is 1.16 bits per heavy atom. The molecule has 0 saturated carbocycles. The summed E-state index contributed by atoms with van der Waals surface area (Å²) in [7, 11) is 1.83. The van der Waals surface area contributed by atoms with Crippen molar-refractivity contribution in [1.29, 1.82) is 0 Å². The van der Waals surface area contributed by atoms with E-state index in [1.807, 2.05) is 43.1 Å². The summed E-state index contributed by atoms with van der Waals surface area (Å²) in [6.45, 7) is 1.99. The van der Waals surface area contributed by atoms with E-state index in [2.05, 4.69) is 0 Å². The molecule has 0 aliphatic heterocycles. The smallest absolute Gasteiger partial charge is 0.147 e. The second-order valence-corrected chi connectivity index (χ2v) is 4.82. The van der Waals surface area contributed by atoms with Gasteiger partial charge < -0.3 is 10.6 Å². The van der Waals surface area contributed by atoms with E-state index in [0.717, 1.165) is 11.3 Å². The highest BCUT2D eigenvalue weighted by Gasteiger charge is 2.12. The minimum atomic E-state index is -0.337. The van der Waals surface area contributed by atoms with Gasteiger partial charge in [0.15, 0.2) is 0 Å². The predicted octanol–water partition coefficient (Wildman–Crippen LogP) is 3.54. The predicted molar refractivity (Wildman–Crippen MR) is 81.5 cm³/mol. The second-order valence-electron chi connectivity index (χ2n) is 4.38. The van der Waals surface area contributed by atoms with Gasteiger partial charge in [0, 0.05) is 18.3 Å². The lowest BCUT2D eigenvalue weighted by molar-refractivity contribution is 0.627. The zero-order valence-corrected chi connectivity index (χ0v) is 11.7. The van der Waals surface area contributed by atoms with Gasteiger partial charge in [0.05, 0.1) is 5.69 Å². The first-order valence-electron chi connectivity index (χ1n) is 5.89. The van der Waals surface area contributed by atoms with Crippen molar-refractivity contribution in [3.8, 4) is 0 Å². The van der Waals surface area contributed by atoms with Crippen LogP contribution in [0.3, 0.4) is 0 Å². The minimum absolute atomic E-state index is 0.198. The quantitative estimate of drug-likeness (QED) is 0.868. The number of anilines is 2. The summed E-state index contributed by atoms with van der Waals surface area (Å²) >= 11 is 4.84. The topological polar surface area (TPSA) is 29.3 Å². The van der Waals surface area contributed by atoms with Crippen LogP contribution in [0.4, 0.5) is 15.8 Å². The largest absolute Gasteiger partial charge is 0.389 e. The van der Waals surface area contributed by atoms with Gasteiger partial charge in [-0.05, 0) is 36.8 Å². The number of nitrogens with zero attached hydrogens (tertiary/aromatic N) is 1. The van der Waals surface area contributed by atoms with Crippen LogP contribution < -0.4 is 10.6 Å². The normalized spacial score (nSPS) is 10.3. The molecule has 0 amide bonds. The highest BCUT2D eigenvalue weighted by Crippen LogP contribution is 2.29. The van der Waals surface area contributed by atoms with Crippen molar-refractivity contribution in [2.75, 3.05) is 11.9 Å². The maximum Gasteiger partial charge on any atom is 0.147 e. The summed E-state index contributed by atoms with van der Waals surface area (Å²) in [6, 6.07) is 12.6. The summed E-state index contributed by atoms with van der Waals surface area (Å²) in [5, 5.41) is 0. The number of hydrogen-bond donors (Lipinski definition) is 1. The van der Waals surface area contributed by atoms with Crippen LogP contribution in [0, 0.1) is 12.7 Å². The number of hydrogen-bond acceptors (Lipinski definition) is 2. The fourth-order valence-corrected chi connectivity index (χ4v) is 2.13. The Hall–Kier alpha value is -1.94. The van der Waals surface area contributed by atoms with Crippen LogP contribution in [0.1, 0.15) is 11.1 Å². The Morgan fingerprint density at radius 2 is 1.84 bits per heavy atom. The summed E-state index contributed by atoms with van der Waals surface area (Å²) in [6.07, 6.45) is 0. The van der Waals surface area contributed by atoms with Gasteiger partial charge in [-0.2, -0.15) is 0 Å². The molecule has 0 unspecified atom stereocenters. The molecule has 2 aromatic rings. The molecule has 0 fully saturated rings. The number of aryl methyl sites for hydroxylation is 1. The Bertz CT molecular complexity index is 625. The van der Waals surface area contributed by atoms with E-state index in [1.165, 1.54) is 6.07 Å². The van der Waals surface area contributed by atoms with Crippen LogP contribution >= 0.6 is 12.2 Å². The molecule has 19 heavy (non-hydrogen) atoms. The lowest BCUT2D eigenvalue weighted by Crippen LogP contribution is -2.14. The monoisotopic (exact) mass is 274 g/mol. The fraction of sp³-hybridized carbons (Fsp3) is 0.133. The van der Waals surface area contributed by atoms with E-state index in [9.17, 15) is 4.39 Å². The van der Waals surface area contributed by atoms with Crippen molar-refractivity contribution in [3.63, 3.8) is 0 Å². The lowest BCUT2D eigenvalue weighted by Gasteiger charge is -2.22. The molecule has 0 aromatic heterocycles. The van der Waals surface area contributed by atoms with Gasteiger partial charge in [0.2, 0.25) is 0 Å². The van der Waals surface area contributed by atoms with Gasteiger partial charge in [0.1, 0.15) is 10.8 Å². The molecule has 4 heteroatoms. The number of benzene rings is 2. The molecule has 2 rings (SSSR count). The first-order chi connectivity index (χ1) is 9.00. The van der Waals surface area contributed by atoms with Crippen molar-refractivity contribution >= 4 is 28.6 Å². The summed E-state index contributed by atoms with van der Waals surface area (Å²) < 4.78 is 14.1. The van der Waals surface area contributed by atoms with Crippen molar-refractivity contribution in [3.05, 3.63) is 59.4 Å². The number of halogens is 1. The second kappa shape index (κ2) is 5.36. The highest BCUT2D eigenvalue weighted by molar-refractivity contribution is 7.80. The Morgan fingerprint density at radius 3 is 2.42 bits per heavy atom. The molecule has 2 nitrogen and oxygen atoms in total. The third-order valence-corrected chi connectivity index (χ3v) is 3.31. The Labute approximate surface area is 117 Å². The fourth-order valence-electron chi connectivity index (χ4n) is 2.00. The minimum Gasteiger partial charge on any atom is -0.389 e. The molecule has 0 radical (unpaired) electrons. The summed E-state index contributed by atoms with van der Waals surface area (Å²) in [5.74, 6) is -0.337. The van der Waals surface area contributed by atoms with Crippen LogP contribution in [0.2, 0.25) is 0 Å². The summed E-state index contributed by atoms with van der Waals surface area (Å²) in [5.41, 5.74) is 8.57. The van der Waals surface area contributed by atoms with Crippen LogP contribution in [0.25, 0.3) is 0 Å². The molecule has 0 bridgehead atoms. The molecular formula is C15H15FN2S. The van der Waals surface area contributed by atoms with E-state index in [4.69, 9.17) is 18.0 Å². The molecule has 0 aliphatic carbocycles. The van der Waals surface area contributed by atoms with Gasteiger partial charge in [-0.3, -0.25) is 0 Å². The molecule has 0 spiro atoms. The maximum atomic E-state index is 14.1. The average Bonchev–Trinajstić information content (AvgIpc) is 2.38. The van der Waals surface area contributed by atoms with Crippen molar-refractivity contribution in [2.24, 2.45) is 5.73 Å². The number of thiocarbonyl (C=S) groups is 1. The van der Waals surface area contributed by atoms with Gasteiger partial charge in [-0.15, -0.1) is 0 Å². The van der Waals surface area contributed by atoms with Crippen molar-refractivity contribution in [2.45, 2.75) is 6.92 Å². The molecule has 0 aliphatic rings. The lowest BCUT2D eigenvalue weighted by atomic mass is 10.1. The molecular weight excluding hydrogens is 259 g/mol. The summed E-state index contributed by atoms with van der Waals surface area (Å²) in [4.78, 5) is 2.01. The maximum absolute atomic E-state index is 14.1. The third kappa shape index (κ3) is 2.74. The van der Waals surface area contributed by atoms with Gasteiger partial charge in [-0.1, -0.05) is 30.4 Å². The van der Waals surface area contributed by atoms with Gasteiger partial charge in [-0.25, -0.2) is 4.39 Å². The zero-order valence-electron chi connectivity index (χ0n) is 10.9. The van der Waals surface area contributed by atoms with Crippen LogP contribution in [-0.4, -0.2) is 12.0 Å². The van der Waals surface area contributed by atoms with Crippen molar-refractivity contribution in [1.82, 2.24) is 0 Å². The van der Waals surface area contributed by atoms with Gasteiger partial charge >= 0.3 is 0 Å². The Kier molecular flexibility index (Phi) is 3.81. The third-order valence-electron chi connectivity index (χ3n) is 3.07. The van der Waals surface area contributed by atoms with Crippen LogP contribution in [-0.2, 0) is 0 Å². The standard InChI is InChI=1S/C15H15FN2S/c1-10-5-3-4-6-13(10)18(2)14-8-7-11(15(17)19)9-12(14)16/h3-9H,1-2H3,(H2,17,19). The number of para-hydroxylation sites is 1. The van der Waals surface area contributed by atoms with Crippen LogP contribution in [0.5, 0.6) is 0 Å². The van der Waals surface area contributed by atoms with E-state index in [1.54, 1.807) is 12.1 Å². The molecule has 2 N–H and O–H groups in total. The van der Waals surface area contributed by atoms with E-state index in [-0.39, 0.29) is 10.8 Å². The molecule has 0 heterocycles. The number of rotatable bonds is 3. The first kappa shape index (κ1) is 13.5. The van der Waals surface area contributed by atoms with Crippen molar-refractivity contribution < 1.29 is 4.39 Å². The van der Waals surface area contributed by atoms with E-state index < -0.39 is 0 Å². The SMILES string of the molecule is Cc1ccccc1N(C)c1ccc(C(N)=S)cc1F. The average molecular weight is 274 g/mol.